The number of pyridine rings is 1. The number of halogens is 2. The van der Waals surface area contributed by atoms with Gasteiger partial charge in [-0.15, -0.1) is 0 Å². The minimum atomic E-state index is -0.247. The number of rotatable bonds is 2. The fraction of sp³-hybridized carbons (Fsp3) is 0. The molecule has 1 nitrogen and oxygen atoms in total. The Labute approximate surface area is 193 Å². The van der Waals surface area contributed by atoms with Crippen LogP contribution in [-0.2, 0) is 0 Å². The van der Waals surface area contributed by atoms with Gasteiger partial charge in [0.15, 0.2) is 0 Å². The molecule has 0 fully saturated rings. The van der Waals surface area contributed by atoms with E-state index in [9.17, 15) is 4.39 Å². The summed E-state index contributed by atoms with van der Waals surface area (Å²) in [6, 6.07) is 34.0. The summed E-state index contributed by atoms with van der Waals surface area (Å²) < 4.78 is 14.6. The molecule has 0 radical (unpaired) electrons. The van der Waals surface area contributed by atoms with Gasteiger partial charge >= 0.3 is 0 Å². The molecule has 6 aromatic rings. The van der Waals surface area contributed by atoms with Crippen molar-refractivity contribution in [3.8, 4) is 22.4 Å². The zero-order chi connectivity index (χ0) is 21.7. The summed E-state index contributed by atoms with van der Waals surface area (Å²) >= 11 is 3.53. The summed E-state index contributed by atoms with van der Waals surface area (Å²) in [7, 11) is 0. The van der Waals surface area contributed by atoms with Gasteiger partial charge < -0.3 is 0 Å². The van der Waals surface area contributed by atoms with E-state index >= 15 is 0 Å². The molecule has 0 aliphatic heterocycles. The molecule has 0 amide bonds. The fourth-order valence-corrected chi connectivity index (χ4v) is 4.78. The normalized spacial score (nSPS) is 11.4. The molecule has 1 heterocycles. The predicted molar refractivity (Wildman–Crippen MR) is 135 cm³/mol. The number of hydrogen-bond acceptors (Lipinski definition) is 1. The number of nitrogens with zero attached hydrogens (tertiary/aromatic N) is 1. The van der Waals surface area contributed by atoms with Crippen LogP contribution in [0.2, 0.25) is 0 Å². The van der Waals surface area contributed by atoms with Crippen molar-refractivity contribution >= 4 is 48.4 Å². The van der Waals surface area contributed by atoms with Gasteiger partial charge in [-0.05, 0) is 64.4 Å². The first-order valence-corrected chi connectivity index (χ1v) is 11.2. The Bertz CT molecular complexity index is 1620. The van der Waals surface area contributed by atoms with Crippen molar-refractivity contribution in [2.45, 2.75) is 0 Å². The van der Waals surface area contributed by atoms with E-state index in [0.29, 0.717) is 0 Å². The molecule has 0 saturated heterocycles. The monoisotopic (exact) mass is 477 g/mol. The smallest absolute Gasteiger partial charge is 0.123 e. The van der Waals surface area contributed by atoms with E-state index in [-0.39, 0.29) is 5.82 Å². The number of aromatic nitrogens is 1. The van der Waals surface area contributed by atoms with Crippen molar-refractivity contribution in [3.05, 3.63) is 113 Å². The van der Waals surface area contributed by atoms with Gasteiger partial charge in [0.25, 0.3) is 0 Å². The van der Waals surface area contributed by atoms with E-state index in [4.69, 9.17) is 4.98 Å². The van der Waals surface area contributed by atoms with Crippen LogP contribution in [0.5, 0.6) is 0 Å². The van der Waals surface area contributed by atoms with E-state index in [1.165, 1.54) is 39.4 Å². The first kappa shape index (κ1) is 19.1. The minimum Gasteiger partial charge on any atom is -0.247 e. The van der Waals surface area contributed by atoms with Gasteiger partial charge in [-0.2, -0.15) is 0 Å². The maximum atomic E-state index is 13.6. The van der Waals surface area contributed by atoms with E-state index in [1.54, 1.807) is 12.1 Å². The van der Waals surface area contributed by atoms with Crippen LogP contribution in [0.25, 0.3) is 54.8 Å². The highest BCUT2D eigenvalue weighted by Gasteiger charge is 2.14. The Morgan fingerprint density at radius 3 is 2.06 bits per heavy atom. The summed E-state index contributed by atoms with van der Waals surface area (Å²) in [5.74, 6) is -0.247. The second-order valence-corrected chi connectivity index (χ2v) is 8.80. The minimum absolute atomic E-state index is 0.247. The molecule has 0 aliphatic carbocycles. The molecule has 32 heavy (non-hydrogen) atoms. The number of hydrogen-bond donors (Lipinski definition) is 0. The van der Waals surface area contributed by atoms with Gasteiger partial charge in [-0.25, -0.2) is 9.37 Å². The van der Waals surface area contributed by atoms with Gasteiger partial charge in [-0.1, -0.05) is 76.6 Å². The van der Waals surface area contributed by atoms with Gasteiger partial charge in [0.05, 0.1) is 11.2 Å². The largest absolute Gasteiger partial charge is 0.247 e. The molecule has 5 aromatic carbocycles. The van der Waals surface area contributed by atoms with Crippen LogP contribution < -0.4 is 0 Å². The second-order valence-electron chi connectivity index (χ2n) is 7.88. The van der Waals surface area contributed by atoms with Gasteiger partial charge in [0.1, 0.15) is 5.82 Å². The SMILES string of the molecule is Fc1ccc(-c2nc3ccccc3c3c2ccc2c(-c4ccc(Br)cc4)cccc23)cc1. The standard InChI is InChI=1S/C29H17BrFN/c30-20-12-8-18(9-13-20)22-5-3-6-24-23(22)16-17-26-28(24)25-4-1-2-7-27(25)32-29(26)19-10-14-21(31)15-11-19/h1-17H. The Morgan fingerprint density at radius 2 is 1.25 bits per heavy atom. The topological polar surface area (TPSA) is 12.9 Å². The molecule has 0 saturated carbocycles. The lowest BCUT2D eigenvalue weighted by atomic mass is 9.91. The van der Waals surface area contributed by atoms with Gasteiger partial charge in [0, 0.05) is 26.2 Å². The third-order valence-electron chi connectivity index (χ3n) is 6.00. The van der Waals surface area contributed by atoms with Crippen LogP contribution in [-0.4, -0.2) is 4.98 Å². The fourth-order valence-electron chi connectivity index (χ4n) is 4.52. The molecule has 0 spiro atoms. The average Bonchev–Trinajstić information content (AvgIpc) is 2.84. The van der Waals surface area contributed by atoms with E-state index in [2.05, 4.69) is 82.7 Å². The highest BCUT2D eigenvalue weighted by Crippen LogP contribution is 2.39. The summed E-state index contributed by atoms with van der Waals surface area (Å²) in [4.78, 5) is 4.97. The Kier molecular flexibility index (Phi) is 4.51. The highest BCUT2D eigenvalue weighted by molar-refractivity contribution is 9.10. The Morgan fingerprint density at radius 1 is 0.562 bits per heavy atom. The van der Waals surface area contributed by atoms with Crippen molar-refractivity contribution < 1.29 is 4.39 Å². The average molecular weight is 478 g/mol. The molecule has 1 aromatic heterocycles. The van der Waals surface area contributed by atoms with Crippen LogP contribution in [0, 0.1) is 5.82 Å². The maximum absolute atomic E-state index is 13.6. The lowest BCUT2D eigenvalue weighted by molar-refractivity contribution is 0.628. The van der Waals surface area contributed by atoms with Crippen LogP contribution in [0.1, 0.15) is 0 Å². The molecule has 6 rings (SSSR count). The van der Waals surface area contributed by atoms with Crippen LogP contribution in [0.4, 0.5) is 4.39 Å². The first-order chi connectivity index (χ1) is 15.7. The third kappa shape index (κ3) is 3.09. The van der Waals surface area contributed by atoms with E-state index in [0.717, 1.165) is 32.0 Å². The summed E-state index contributed by atoms with van der Waals surface area (Å²) in [5.41, 5.74) is 5.08. The quantitative estimate of drug-likeness (QED) is 0.227. The molecule has 0 aliphatic rings. The Balaban J connectivity index is 1.74. The summed E-state index contributed by atoms with van der Waals surface area (Å²) in [6.45, 7) is 0. The lowest BCUT2D eigenvalue weighted by Gasteiger charge is -2.14. The molecular formula is C29H17BrFN. The van der Waals surface area contributed by atoms with Crippen molar-refractivity contribution in [1.29, 1.82) is 0 Å². The number of benzene rings is 5. The molecule has 0 bridgehead atoms. The third-order valence-corrected chi connectivity index (χ3v) is 6.52. The van der Waals surface area contributed by atoms with Crippen LogP contribution in [0.15, 0.2) is 108 Å². The van der Waals surface area contributed by atoms with Crippen molar-refractivity contribution in [1.82, 2.24) is 4.98 Å². The van der Waals surface area contributed by atoms with E-state index in [1.807, 2.05) is 12.1 Å². The highest BCUT2D eigenvalue weighted by atomic mass is 79.9. The summed E-state index contributed by atoms with van der Waals surface area (Å²) in [5, 5.41) is 5.74. The number of para-hydroxylation sites is 1. The summed E-state index contributed by atoms with van der Waals surface area (Å²) in [6.07, 6.45) is 0. The Hall–Kier alpha value is -3.56. The molecule has 0 N–H and O–H groups in total. The van der Waals surface area contributed by atoms with Gasteiger partial charge in [-0.3, -0.25) is 0 Å². The van der Waals surface area contributed by atoms with Crippen molar-refractivity contribution in [2.75, 3.05) is 0 Å². The predicted octanol–water partition coefficient (Wildman–Crippen LogP) is 8.78. The molecular weight excluding hydrogens is 461 g/mol. The van der Waals surface area contributed by atoms with Crippen molar-refractivity contribution in [2.24, 2.45) is 0 Å². The van der Waals surface area contributed by atoms with Crippen molar-refractivity contribution in [3.63, 3.8) is 0 Å². The van der Waals surface area contributed by atoms with Crippen LogP contribution >= 0.6 is 15.9 Å². The zero-order valence-corrected chi connectivity index (χ0v) is 18.6. The molecule has 152 valence electrons. The zero-order valence-electron chi connectivity index (χ0n) is 17.0. The van der Waals surface area contributed by atoms with E-state index < -0.39 is 0 Å². The molecule has 0 unspecified atom stereocenters. The molecule has 3 heteroatoms. The second kappa shape index (κ2) is 7.54. The maximum Gasteiger partial charge on any atom is 0.123 e. The van der Waals surface area contributed by atoms with Gasteiger partial charge in [0.2, 0.25) is 0 Å². The molecule has 0 atom stereocenters. The number of fused-ring (bicyclic) bond motifs is 5. The first-order valence-electron chi connectivity index (χ1n) is 10.4. The van der Waals surface area contributed by atoms with Crippen LogP contribution in [0.3, 0.4) is 0 Å². The lowest BCUT2D eigenvalue weighted by Crippen LogP contribution is -1.92.